The van der Waals surface area contributed by atoms with E-state index in [1.165, 1.54) is 12.1 Å². The van der Waals surface area contributed by atoms with Gasteiger partial charge in [-0.25, -0.2) is 5.48 Å². The Morgan fingerprint density at radius 3 is 2.32 bits per heavy atom. The van der Waals surface area contributed by atoms with E-state index in [0.717, 1.165) is 56.4 Å². The Balaban J connectivity index is 1.58. The van der Waals surface area contributed by atoms with Gasteiger partial charge in [-0.2, -0.15) is 0 Å². The lowest BCUT2D eigenvalue weighted by molar-refractivity contribution is -0.129. The van der Waals surface area contributed by atoms with Gasteiger partial charge in [-0.1, -0.05) is 19.3 Å². The molecule has 1 amide bonds. The molecule has 37 heavy (non-hydrogen) atoms. The van der Waals surface area contributed by atoms with Gasteiger partial charge in [-0.15, -0.1) is 0 Å². The number of fused-ring (bicyclic) bond motifs is 1. The van der Waals surface area contributed by atoms with E-state index < -0.39 is 0 Å². The van der Waals surface area contributed by atoms with Crippen LogP contribution in [-0.4, -0.2) is 55.0 Å². The SMILES string of the molecule is CN(C)CCCOc1ccc(-c2cc(=O)c3c(O)cc(OCCCCCCCC(=O)NO)cc3o2)cc1. The number of hydroxylamine groups is 1. The molecule has 0 atom stereocenters. The number of aromatic hydroxyl groups is 1. The normalized spacial score (nSPS) is 11.1. The van der Waals surface area contributed by atoms with Crippen LogP contribution in [0.2, 0.25) is 0 Å². The van der Waals surface area contributed by atoms with E-state index in [1.807, 2.05) is 38.4 Å². The Bertz CT molecular complexity index is 1210. The molecule has 0 fully saturated rings. The molecule has 9 nitrogen and oxygen atoms in total. The molecule has 0 spiro atoms. The number of phenols is 1. The van der Waals surface area contributed by atoms with E-state index in [2.05, 4.69) is 4.90 Å². The number of hydrogen-bond donors (Lipinski definition) is 3. The Labute approximate surface area is 216 Å². The van der Waals surface area contributed by atoms with E-state index >= 15 is 0 Å². The van der Waals surface area contributed by atoms with Crippen molar-refractivity contribution >= 4 is 16.9 Å². The van der Waals surface area contributed by atoms with Gasteiger partial charge in [0, 0.05) is 36.7 Å². The summed E-state index contributed by atoms with van der Waals surface area (Å²) in [6.07, 6.45) is 5.53. The van der Waals surface area contributed by atoms with E-state index in [4.69, 9.17) is 19.1 Å². The largest absolute Gasteiger partial charge is 0.507 e. The number of nitrogens with one attached hydrogen (secondary N) is 1. The van der Waals surface area contributed by atoms with E-state index in [1.54, 1.807) is 11.5 Å². The van der Waals surface area contributed by atoms with Crippen molar-refractivity contribution in [3.8, 4) is 28.6 Å². The van der Waals surface area contributed by atoms with Gasteiger partial charge in [0.25, 0.3) is 0 Å². The standard InChI is InChI=1S/C28H36N2O7/c1-30(2)14-8-16-35-21-12-10-20(11-13-21)25-19-24(32)28-23(31)17-22(18-26(28)37-25)36-15-7-5-3-4-6-9-27(33)29-34/h10-13,17-19,31,34H,3-9,14-16H2,1-2H3,(H,29,33). The summed E-state index contributed by atoms with van der Waals surface area (Å²) in [6.45, 7) is 2.02. The van der Waals surface area contributed by atoms with Gasteiger partial charge in [0.15, 0.2) is 5.43 Å². The number of carbonyl (C=O) groups excluding carboxylic acids is 1. The molecule has 0 aliphatic rings. The quantitative estimate of drug-likeness (QED) is 0.152. The second kappa shape index (κ2) is 14.2. The molecule has 3 aromatic rings. The molecule has 200 valence electrons. The monoisotopic (exact) mass is 512 g/mol. The summed E-state index contributed by atoms with van der Waals surface area (Å²) in [5.74, 6) is 1.01. The highest BCUT2D eigenvalue weighted by atomic mass is 16.5. The third-order valence-corrected chi connectivity index (χ3v) is 5.88. The minimum atomic E-state index is -0.369. The number of phenolic OH excluding ortho intramolecular Hbond substituents is 1. The molecule has 1 heterocycles. The lowest BCUT2D eigenvalue weighted by atomic mass is 10.1. The van der Waals surface area contributed by atoms with E-state index in [-0.39, 0.29) is 28.1 Å². The number of hydrogen-bond acceptors (Lipinski definition) is 8. The molecule has 0 radical (unpaired) electrons. The summed E-state index contributed by atoms with van der Waals surface area (Å²) in [7, 11) is 4.05. The van der Waals surface area contributed by atoms with Crippen molar-refractivity contribution in [3.05, 3.63) is 52.7 Å². The van der Waals surface area contributed by atoms with Crippen LogP contribution in [0.25, 0.3) is 22.3 Å². The highest BCUT2D eigenvalue weighted by Gasteiger charge is 2.13. The summed E-state index contributed by atoms with van der Waals surface area (Å²) < 4.78 is 17.5. The van der Waals surface area contributed by atoms with Crippen molar-refractivity contribution in [2.24, 2.45) is 0 Å². The van der Waals surface area contributed by atoms with E-state index in [9.17, 15) is 14.7 Å². The molecule has 0 unspecified atom stereocenters. The van der Waals surface area contributed by atoms with Crippen molar-refractivity contribution < 1.29 is 29.0 Å². The van der Waals surface area contributed by atoms with Crippen molar-refractivity contribution in [3.63, 3.8) is 0 Å². The predicted molar refractivity (Wildman–Crippen MR) is 141 cm³/mol. The zero-order chi connectivity index (χ0) is 26.6. The highest BCUT2D eigenvalue weighted by molar-refractivity contribution is 5.86. The summed E-state index contributed by atoms with van der Waals surface area (Å²) in [5.41, 5.74) is 2.27. The number of nitrogens with zero attached hydrogens (tertiary/aromatic N) is 1. The number of carbonyl (C=O) groups is 1. The second-order valence-corrected chi connectivity index (χ2v) is 9.22. The fourth-order valence-electron chi connectivity index (χ4n) is 3.92. The molecule has 0 saturated heterocycles. The van der Waals surface area contributed by atoms with Crippen LogP contribution < -0.4 is 20.4 Å². The molecule has 1 aromatic heterocycles. The third kappa shape index (κ3) is 8.80. The van der Waals surface area contributed by atoms with Gasteiger partial charge < -0.3 is 23.9 Å². The maximum absolute atomic E-state index is 12.7. The lowest BCUT2D eigenvalue weighted by Gasteiger charge is -2.11. The minimum Gasteiger partial charge on any atom is -0.507 e. The molecule has 3 rings (SSSR count). The predicted octanol–water partition coefficient (Wildman–Crippen LogP) is 4.72. The molecule has 0 saturated carbocycles. The lowest BCUT2D eigenvalue weighted by Crippen LogP contribution is -2.17. The summed E-state index contributed by atoms with van der Waals surface area (Å²) in [4.78, 5) is 25.8. The molecular formula is C28H36N2O7. The van der Waals surface area contributed by atoms with Gasteiger partial charge >= 0.3 is 0 Å². The number of amides is 1. The summed E-state index contributed by atoms with van der Waals surface area (Å²) in [5, 5.41) is 19.0. The first-order chi connectivity index (χ1) is 17.9. The molecule has 0 bridgehead atoms. The Morgan fingerprint density at radius 2 is 1.59 bits per heavy atom. The van der Waals surface area contributed by atoms with Crippen molar-refractivity contribution in [1.29, 1.82) is 0 Å². The average Bonchev–Trinajstić information content (AvgIpc) is 2.87. The van der Waals surface area contributed by atoms with Crippen LogP contribution in [0.4, 0.5) is 0 Å². The van der Waals surface area contributed by atoms with Gasteiger partial charge in [-0.05, 0) is 57.6 Å². The Hall–Kier alpha value is -3.56. The Morgan fingerprint density at radius 1 is 0.919 bits per heavy atom. The van der Waals surface area contributed by atoms with Crippen LogP contribution in [0.5, 0.6) is 17.2 Å². The molecule has 3 N–H and O–H groups in total. The molecular weight excluding hydrogens is 476 g/mol. The van der Waals surface area contributed by atoms with Crippen LogP contribution in [0.15, 0.2) is 51.7 Å². The smallest absolute Gasteiger partial charge is 0.243 e. The maximum Gasteiger partial charge on any atom is 0.243 e. The zero-order valence-corrected chi connectivity index (χ0v) is 21.5. The topological polar surface area (TPSA) is 121 Å². The summed E-state index contributed by atoms with van der Waals surface area (Å²) in [6, 6.07) is 11.8. The number of benzene rings is 2. The van der Waals surface area contributed by atoms with Crippen molar-refractivity contribution in [2.45, 2.75) is 44.9 Å². The minimum absolute atomic E-state index is 0.115. The maximum atomic E-state index is 12.7. The summed E-state index contributed by atoms with van der Waals surface area (Å²) >= 11 is 0. The van der Waals surface area contributed by atoms with Crippen LogP contribution in [0.1, 0.15) is 44.9 Å². The number of rotatable bonds is 15. The average molecular weight is 513 g/mol. The first-order valence-corrected chi connectivity index (χ1v) is 12.6. The first-order valence-electron chi connectivity index (χ1n) is 12.6. The van der Waals surface area contributed by atoms with Crippen LogP contribution >= 0.6 is 0 Å². The van der Waals surface area contributed by atoms with Gasteiger partial charge in [-0.3, -0.25) is 14.8 Å². The van der Waals surface area contributed by atoms with E-state index in [0.29, 0.717) is 31.1 Å². The van der Waals surface area contributed by atoms with Gasteiger partial charge in [0.05, 0.1) is 13.2 Å². The van der Waals surface area contributed by atoms with Crippen molar-refractivity contribution in [2.75, 3.05) is 33.9 Å². The first kappa shape index (κ1) is 28.0. The number of unbranched alkanes of at least 4 members (excludes halogenated alkanes) is 4. The van der Waals surface area contributed by atoms with Gasteiger partial charge in [0.2, 0.25) is 5.91 Å². The molecule has 9 heteroatoms. The third-order valence-electron chi connectivity index (χ3n) is 5.88. The number of ether oxygens (including phenoxy) is 2. The van der Waals surface area contributed by atoms with Gasteiger partial charge in [0.1, 0.15) is 34.0 Å². The second-order valence-electron chi connectivity index (χ2n) is 9.22. The fraction of sp³-hybridized carbons (Fsp3) is 0.429. The van der Waals surface area contributed by atoms with Crippen LogP contribution in [-0.2, 0) is 4.79 Å². The highest BCUT2D eigenvalue weighted by Crippen LogP contribution is 2.31. The van der Waals surface area contributed by atoms with Crippen LogP contribution in [0.3, 0.4) is 0 Å². The zero-order valence-electron chi connectivity index (χ0n) is 21.5. The van der Waals surface area contributed by atoms with Crippen LogP contribution in [0, 0.1) is 0 Å². The fourth-order valence-corrected chi connectivity index (χ4v) is 3.92. The Kier molecular flexibility index (Phi) is 10.8. The molecule has 0 aliphatic heterocycles. The van der Waals surface area contributed by atoms with Crippen molar-refractivity contribution in [1.82, 2.24) is 10.4 Å². The molecule has 2 aromatic carbocycles. The molecule has 0 aliphatic carbocycles.